The first-order valence-corrected chi connectivity index (χ1v) is 7.18. The van der Waals surface area contributed by atoms with Gasteiger partial charge < -0.3 is 9.47 Å². The van der Waals surface area contributed by atoms with Crippen LogP contribution in [0.4, 0.5) is 8.78 Å². The highest BCUT2D eigenvalue weighted by Gasteiger charge is 2.62. The predicted molar refractivity (Wildman–Crippen MR) is 80.2 cm³/mol. The largest absolute Gasteiger partial charge is 0.464 e. The summed E-state index contributed by atoms with van der Waals surface area (Å²) < 4.78 is 36.5. The van der Waals surface area contributed by atoms with E-state index in [4.69, 9.17) is 11.2 Å². The SMILES string of the molecule is C#CC(OC(=O)C1C(C=C(F)C(=O)OC)C1(C)C)C(F)=CCC. The molecule has 126 valence electrons. The molecule has 3 unspecified atom stereocenters. The van der Waals surface area contributed by atoms with Crippen LogP contribution in [0.15, 0.2) is 23.8 Å². The number of methoxy groups -OCH3 is 1. The minimum absolute atomic E-state index is 0.409. The van der Waals surface area contributed by atoms with E-state index in [1.807, 2.05) is 0 Å². The number of hydrogen-bond donors (Lipinski definition) is 0. The Morgan fingerprint density at radius 3 is 2.48 bits per heavy atom. The first-order chi connectivity index (χ1) is 10.7. The van der Waals surface area contributed by atoms with Crippen molar-refractivity contribution in [1.29, 1.82) is 0 Å². The van der Waals surface area contributed by atoms with Crippen molar-refractivity contribution in [3.8, 4) is 12.3 Å². The lowest BCUT2D eigenvalue weighted by atomic mass is 10.1. The molecular formula is C17H20F2O4. The number of rotatable bonds is 6. The van der Waals surface area contributed by atoms with E-state index >= 15 is 0 Å². The molecule has 0 saturated heterocycles. The van der Waals surface area contributed by atoms with Gasteiger partial charge in [-0.15, -0.1) is 6.42 Å². The maximum Gasteiger partial charge on any atom is 0.366 e. The van der Waals surface area contributed by atoms with E-state index in [9.17, 15) is 18.4 Å². The van der Waals surface area contributed by atoms with Crippen molar-refractivity contribution in [2.75, 3.05) is 7.11 Å². The van der Waals surface area contributed by atoms with E-state index in [0.717, 1.165) is 13.2 Å². The van der Waals surface area contributed by atoms with Gasteiger partial charge >= 0.3 is 11.9 Å². The Labute approximate surface area is 134 Å². The normalized spacial score (nSPS) is 24.4. The molecule has 0 spiro atoms. The average Bonchev–Trinajstić information content (AvgIpc) is 3.04. The van der Waals surface area contributed by atoms with Gasteiger partial charge in [0.2, 0.25) is 11.9 Å². The fourth-order valence-electron chi connectivity index (χ4n) is 2.42. The summed E-state index contributed by atoms with van der Waals surface area (Å²) in [5.74, 6) is -2.82. The van der Waals surface area contributed by atoms with Crippen LogP contribution in [0.25, 0.3) is 0 Å². The topological polar surface area (TPSA) is 52.6 Å². The fraction of sp³-hybridized carbons (Fsp3) is 0.529. The lowest BCUT2D eigenvalue weighted by Gasteiger charge is -2.11. The zero-order chi connectivity index (χ0) is 17.8. The maximum absolute atomic E-state index is 13.7. The molecule has 0 aromatic rings. The molecule has 0 aliphatic heterocycles. The summed E-state index contributed by atoms with van der Waals surface area (Å²) in [4.78, 5) is 23.2. The second-order valence-electron chi connectivity index (χ2n) is 5.81. The van der Waals surface area contributed by atoms with Gasteiger partial charge in [-0.1, -0.05) is 26.7 Å². The van der Waals surface area contributed by atoms with Crippen molar-refractivity contribution in [1.82, 2.24) is 0 Å². The molecule has 0 heterocycles. The lowest BCUT2D eigenvalue weighted by Crippen LogP contribution is -2.20. The van der Waals surface area contributed by atoms with Crippen LogP contribution in [-0.4, -0.2) is 25.2 Å². The Kier molecular flexibility index (Phi) is 6.08. The fourth-order valence-corrected chi connectivity index (χ4v) is 2.42. The number of hydrogen-bond acceptors (Lipinski definition) is 4. The molecule has 23 heavy (non-hydrogen) atoms. The van der Waals surface area contributed by atoms with E-state index in [1.54, 1.807) is 20.8 Å². The van der Waals surface area contributed by atoms with Gasteiger partial charge in [-0.2, -0.15) is 4.39 Å². The van der Waals surface area contributed by atoms with Crippen LogP contribution in [0.1, 0.15) is 27.2 Å². The molecule has 1 rings (SSSR count). The molecular weight excluding hydrogens is 306 g/mol. The van der Waals surface area contributed by atoms with E-state index < -0.39 is 46.9 Å². The van der Waals surface area contributed by atoms with Gasteiger partial charge in [0.1, 0.15) is 5.83 Å². The van der Waals surface area contributed by atoms with E-state index in [1.165, 1.54) is 6.08 Å². The number of allylic oxidation sites excluding steroid dienone is 2. The molecule has 1 fully saturated rings. The maximum atomic E-state index is 13.7. The summed E-state index contributed by atoms with van der Waals surface area (Å²) in [6, 6.07) is 0. The number of halogens is 2. The molecule has 4 nitrogen and oxygen atoms in total. The third-order valence-corrected chi connectivity index (χ3v) is 3.91. The second kappa shape index (κ2) is 7.40. The number of carbonyl (C=O) groups excluding carboxylic acids is 2. The van der Waals surface area contributed by atoms with Gasteiger partial charge in [0.05, 0.1) is 13.0 Å². The lowest BCUT2D eigenvalue weighted by molar-refractivity contribution is -0.148. The molecule has 1 saturated carbocycles. The Hall–Kier alpha value is -2.16. The summed E-state index contributed by atoms with van der Waals surface area (Å²) in [7, 11) is 1.06. The molecule has 0 bridgehead atoms. The number of terminal acetylenes is 1. The van der Waals surface area contributed by atoms with Crippen LogP contribution < -0.4 is 0 Å². The van der Waals surface area contributed by atoms with Crippen molar-refractivity contribution in [3.05, 3.63) is 23.8 Å². The molecule has 0 N–H and O–H groups in total. The van der Waals surface area contributed by atoms with Crippen molar-refractivity contribution in [2.45, 2.75) is 33.3 Å². The van der Waals surface area contributed by atoms with Gasteiger partial charge in [-0.05, 0) is 29.9 Å². The highest BCUT2D eigenvalue weighted by Crippen LogP contribution is 2.60. The number of carbonyl (C=O) groups is 2. The summed E-state index contributed by atoms with van der Waals surface area (Å²) in [6.07, 6.45) is 6.44. The average molecular weight is 326 g/mol. The van der Waals surface area contributed by atoms with E-state index in [-0.39, 0.29) is 0 Å². The highest BCUT2D eigenvalue weighted by atomic mass is 19.1. The van der Waals surface area contributed by atoms with Crippen LogP contribution in [0.5, 0.6) is 0 Å². The summed E-state index contributed by atoms with van der Waals surface area (Å²) >= 11 is 0. The smallest absolute Gasteiger partial charge is 0.366 e. The second-order valence-corrected chi connectivity index (χ2v) is 5.81. The van der Waals surface area contributed by atoms with Gasteiger partial charge in [0.15, 0.2) is 0 Å². The van der Waals surface area contributed by atoms with Gasteiger partial charge in [0.25, 0.3) is 0 Å². The molecule has 3 atom stereocenters. The van der Waals surface area contributed by atoms with Crippen LogP contribution in [0, 0.1) is 29.6 Å². The van der Waals surface area contributed by atoms with Gasteiger partial charge in [-0.3, -0.25) is 4.79 Å². The molecule has 0 amide bonds. The summed E-state index contributed by atoms with van der Waals surface area (Å²) in [6.45, 7) is 5.15. The Bertz CT molecular complexity index is 584. The zero-order valence-corrected chi connectivity index (χ0v) is 13.6. The number of esters is 2. The Morgan fingerprint density at radius 2 is 2.00 bits per heavy atom. The van der Waals surface area contributed by atoms with Gasteiger partial charge in [-0.25, -0.2) is 9.18 Å². The van der Waals surface area contributed by atoms with Crippen molar-refractivity contribution in [2.24, 2.45) is 17.3 Å². The van der Waals surface area contributed by atoms with Crippen molar-refractivity contribution in [3.63, 3.8) is 0 Å². The third-order valence-electron chi connectivity index (χ3n) is 3.91. The van der Waals surface area contributed by atoms with E-state index in [2.05, 4.69) is 10.7 Å². The first kappa shape index (κ1) is 18.9. The van der Waals surface area contributed by atoms with Crippen LogP contribution in [-0.2, 0) is 19.1 Å². The van der Waals surface area contributed by atoms with Crippen LogP contribution >= 0.6 is 0 Å². The van der Waals surface area contributed by atoms with E-state index in [0.29, 0.717) is 6.42 Å². The molecule has 1 aliphatic carbocycles. The minimum atomic E-state index is -1.39. The minimum Gasteiger partial charge on any atom is -0.464 e. The quantitative estimate of drug-likeness (QED) is 0.428. The molecule has 0 aromatic heterocycles. The predicted octanol–water partition coefficient (Wildman–Crippen LogP) is 3.09. The monoisotopic (exact) mass is 326 g/mol. The van der Waals surface area contributed by atoms with Crippen LogP contribution in [0.2, 0.25) is 0 Å². The van der Waals surface area contributed by atoms with Crippen molar-refractivity contribution < 1.29 is 27.8 Å². The highest BCUT2D eigenvalue weighted by molar-refractivity contribution is 5.86. The van der Waals surface area contributed by atoms with Gasteiger partial charge in [0, 0.05) is 0 Å². The molecule has 0 radical (unpaired) electrons. The molecule has 6 heteroatoms. The zero-order valence-electron chi connectivity index (χ0n) is 13.6. The number of ether oxygens (including phenoxy) is 2. The first-order valence-electron chi connectivity index (χ1n) is 7.18. The van der Waals surface area contributed by atoms with Crippen molar-refractivity contribution >= 4 is 11.9 Å². The Morgan fingerprint density at radius 1 is 1.39 bits per heavy atom. The summed E-state index contributed by atoms with van der Waals surface area (Å²) in [5.41, 5.74) is -0.619. The summed E-state index contributed by atoms with van der Waals surface area (Å²) in [5, 5.41) is 0. The van der Waals surface area contributed by atoms with Crippen LogP contribution in [0.3, 0.4) is 0 Å². The standard InChI is InChI=1S/C17H20F2O4/c1-6-8-11(18)13(7-2)23-16(21)14-10(17(14,3)4)9-12(19)15(20)22-5/h2,8-10,13-14H,6H2,1,3-5H3. The molecule has 0 aromatic carbocycles. The Balaban J connectivity index is 2.83. The molecule has 1 aliphatic rings. The third kappa shape index (κ3) is 4.19.